The van der Waals surface area contributed by atoms with Gasteiger partial charge in [0.05, 0.1) is 24.7 Å². The summed E-state index contributed by atoms with van der Waals surface area (Å²) in [4.78, 5) is 17.9. The third kappa shape index (κ3) is 6.22. The van der Waals surface area contributed by atoms with Gasteiger partial charge in [0.2, 0.25) is 5.88 Å². The monoisotopic (exact) mass is 550 g/mol. The van der Waals surface area contributed by atoms with Crippen molar-refractivity contribution < 1.29 is 9.53 Å². The number of nitrogens with two attached hydrogens (primary N) is 1. The number of aromatic nitrogens is 5. The number of hydrogen-bond acceptors (Lipinski definition) is 6. The number of aryl methyl sites for hydroxylation is 1. The normalized spacial score (nSPS) is 14.3. The van der Waals surface area contributed by atoms with Crippen LogP contribution in [0.3, 0.4) is 0 Å². The first-order valence-electron chi connectivity index (χ1n) is 13.4. The topological polar surface area (TPSA) is 116 Å². The van der Waals surface area contributed by atoms with Gasteiger partial charge in [-0.05, 0) is 43.2 Å². The van der Waals surface area contributed by atoms with Gasteiger partial charge in [-0.15, -0.1) is 0 Å². The number of pyridine rings is 1. The van der Waals surface area contributed by atoms with Gasteiger partial charge in [-0.2, -0.15) is 10.2 Å². The predicted octanol–water partition coefficient (Wildman–Crippen LogP) is 5.16. The van der Waals surface area contributed by atoms with Gasteiger partial charge in [-0.1, -0.05) is 48.5 Å². The molecule has 0 bridgehead atoms. The Balaban J connectivity index is 0.000000166. The Morgan fingerprint density at radius 2 is 1.78 bits per heavy atom. The minimum absolute atomic E-state index is 0.553. The second-order valence-corrected chi connectivity index (χ2v) is 9.84. The van der Waals surface area contributed by atoms with Crippen LogP contribution in [0, 0.1) is 6.92 Å². The first kappa shape index (κ1) is 27.4. The van der Waals surface area contributed by atoms with Crippen molar-refractivity contribution in [3.05, 3.63) is 103 Å². The highest BCUT2D eigenvalue weighted by Crippen LogP contribution is 2.34. The number of nitrogens with zero attached hydrogens (tertiary/aromatic N) is 6. The second kappa shape index (κ2) is 12.4. The van der Waals surface area contributed by atoms with Crippen LogP contribution in [0.4, 0.5) is 16.3 Å². The van der Waals surface area contributed by atoms with Crippen molar-refractivity contribution in [1.82, 2.24) is 24.5 Å². The van der Waals surface area contributed by atoms with Gasteiger partial charge >= 0.3 is 6.03 Å². The summed E-state index contributed by atoms with van der Waals surface area (Å²) in [5.41, 5.74) is 11.1. The van der Waals surface area contributed by atoms with Crippen molar-refractivity contribution in [1.29, 1.82) is 0 Å². The number of benzene rings is 2. The van der Waals surface area contributed by atoms with E-state index in [1.165, 1.54) is 12.0 Å². The van der Waals surface area contributed by atoms with E-state index in [9.17, 15) is 4.79 Å². The molecule has 1 fully saturated rings. The Hall–Kier alpha value is -5.12. The molecule has 6 rings (SSSR count). The molecule has 1 aliphatic rings. The van der Waals surface area contributed by atoms with Gasteiger partial charge in [0, 0.05) is 49.6 Å². The number of ether oxygens (including phenoxy) is 1. The molecule has 210 valence electrons. The fourth-order valence-electron chi connectivity index (χ4n) is 5.09. The highest BCUT2D eigenvalue weighted by Gasteiger charge is 2.26. The summed E-state index contributed by atoms with van der Waals surface area (Å²) in [6.07, 6.45) is 6.56. The Kier molecular flexibility index (Phi) is 8.28. The molecule has 0 saturated carbocycles. The molecule has 0 aliphatic carbocycles. The minimum Gasteiger partial charge on any atom is -0.480 e. The standard InChI is InChI=1S/C16H18N2O.C15H16N6O/c1-19-16-15(8-5-10-17-16)18-11-9-14(12-18)13-6-3-2-4-7-13;1-10-13(11-8-17-20(2)9-11)19-21(14(10)18-15(16)22)12-6-4-3-5-7-12/h2-8,10,14H,9,11-12H2,1H3;3-9H,1-2H3,(H3,16,18,22). The van der Waals surface area contributed by atoms with Crippen LogP contribution in [0.15, 0.2) is 91.4 Å². The number of urea groups is 1. The molecule has 4 heterocycles. The van der Waals surface area contributed by atoms with Crippen LogP contribution < -0.4 is 20.7 Å². The lowest BCUT2D eigenvalue weighted by Gasteiger charge is -2.20. The molecule has 2 amide bonds. The zero-order chi connectivity index (χ0) is 28.8. The summed E-state index contributed by atoms with van der Waals surface area (Å²) in [7, 11) is 3.52. The third-order valence-corrected chi connectivity index (χ3v) is 7.09. The Bertz CT molecular complexity index is 1600. The van der Waals surface area contributed by atoms with Crippen LogP contribution in [0.25, 0.3) is 16.9 Å². The van der Waals surface area contributed by atoms with Crippen molar-refractivity contribution >= 4 is 17.5 Å². The summed E-state index contributed by atoms with van der Waals surface area (Å²) >= 11 is 0. The summed E-state index contributed by atoms with van der Waals surface area (Å²) in [6, 6.07) is 23.7. The largest absolute Gasteiger partial charge is 0.480 e. The smallest absolute Gasteiger partial charge is 0.317 e. The maximum absolute atomic E-state index is 11.3. The van der Waals surface area contributed by atoms with E-state index < -0.39 is 6.03 Å². The fraction of sp³-hybridized carbons (Fsp3) is 0.226. The van der Waals surface area contributed by atoms with E-state index in [1.54, 1.807) is 28.9 Å². The van der Waals surface area contributed by atoms with Crippen molar-refractivity contribution in [2.75, 3.05) is 30.4 Å². The molecule has 1 atom stereocenters. The molecular formula is C31H34N8O2. The number of hydrogen-bond donors (Lipinski definition) is 2. The van der Waals surface area contributed by atoms with Crippen LogP contribution >= 0.6 is 0 Å². The molecule has 41 heavy (non-hydrogen) atoms. The minimum atomic E-state index is -0.627. The fourth-order valence-corrected chi connectivity index (χ4v) is 5.09. The van der Waals surface area contributed by atoms with Gasteiger partial charge < -0.3 is 15.4 Å². The SMILES string of the molecule is COc1ncccc1N1CCC(c2ccccc2)C1.Cc1c(-c2cnn(C)c2)nn(-c2ccccc2)c1NC(N)=O. The molecule has 1 aliphatic heterocycles. The van der Waals surface area contributed by atoms with Gasteiger partial charge in [-0.3, -0.25) is 10.00 Å². The number of methoxy groups -OCH3 is 1. The molecule has 5 aromatic rings. The Labute approximate surface area is 239 Å². The molecule has 2 aromatic carbocycles. The zero-order valence-corrected chi connectivity index (χ0v) is 23.4. The molecule has 10 heteroatoms. The summed E-state index contributed by atoms with van der Waals surface area (Å²) in [5.74, 6) is 1.87. The van der Waals surface area contributed by atoms with Gasteiger partial charge in [-0.25, -0.2) is 14.5 Å². The van der Waals surface area contributed by atoms with Crippen molar-refractivity contribution in [3.8, 4) is 22.8 Å². The Morgan fingerprint density at radius 1 is 1.05 bits per heavy atom. The summed E-state index contributed by atoms with van der Waals surface area (Å²) in [6.45, 7) is 3.98. The number of carbonyl (C=O) groups is 1. The summed E-state index contributed by atoms with van der Waals surface area (Å²) < 4.78 is 8.72. The predicted molar refractivity (Wildman–Crippen MR) is 161 cm³/mol. The number of amides is 2. The average Bonchev–Trinajstić information content (AvgIpc) is 3.74. The maximum atomic E-state index is 11.3. The number of rotatable bonds is 6. The van der Waals surface area contributed by atoms with Crippen molar-refractivity contribution in [2.45, 2.75) is 19.3 Å². The van der Waals surface area contributed by atoms with Gasteiger partial charge in [0.1, 0.15) is 11.5 Å². The van der Waals surface area contributed by atoms with E-state index in [-0.39, 0.29) is 0 Å². The lowest BCUT2D eigenvalue weighted by Crippen LogP contribution is -2.21. The van der Waals surface area contributed by atoms with Crippen LogP contribution in [-0.4, -0.2) is 50.8 Å². The number of nitrogens with one attached hydrogen (secondary N) is 1. The van der Waals surface area contributed by atoms with E-state index in [0.29, 0.717) is 11.7 Å². The van der Waals surface area contributed by atoms with E-state index in [0.717, 1.165) is 47.2 Å². The molecule has 1 saturated heterocycles. The molecule has 0 spiro atoms. The van der Waals surface area contributed by atoms with E-state index in [1.807, 2.05) is 56.6 Å². The van der Waals surface area contributed by atoms with Crippen LogP contribution in [-0.2, 0) is 7.05 Å². The summed E-state index contributed by atoms with van der Waals surface area (Å²) in [5, 5.41) is 11.4. The van der Waals surface area contributed by atoms with E-state index >= 15 is 0 Å². The second-order valence-electron chi connectivity index (χ2n) is 9.84. The highest BCUT2D eigenvalue weighted by molar-refractivity contribution is 5.89. The van der Waals surface area contributed by atoms with Crippen molar-refractivity contribution in [2.24, 2.45) is 12.8 Å². The van der Waals surface area contributed by atoms with Gasteiger partial charge in [0.25, 0.3) is 0 Å². The number of anilines is 2. The van der Waals surface area contributed by atoms with E-state index in [2.05, 4.69) is 61.8 Å². The number of carbonyl (C=O) groups excluding carboxylic acids is 1. The molecule has 1 unspecified atom stereocenters. The lowest BCUT2D eigenvalue weighted by molar-refractivity contribution is 0.259. The average molecular weight is 551 g/mol. The lowest BCUT2D eigenvalue weighted by atomic mass is 9.99. The molecule has 3 N–H and O–H groups in total. The highest BCUT2D eigenvalue weighted by atomic mass is 16.5. The quantitative estimate of drug-likeness (QED) is 0.302. The number of para-hydroxylation sites is 1. The number of primary amides is 1. The Morgan fingerprint density at radius 3 is 2.44 bits per heavy atom. The molecule has 0 radical (unpaired) electrons. The third-order valence-electron chi connectivity index (χ3n) is 7.09. The maximum Gasteiger partial charge on any atom is 0.317 e. The van der Waals surface area contributed by atoms with Gasteiger partial charge in [0.15, 0.2) is 0 Å². The molecule has 3 aromatic heterocycles. The van der Waals surface area contributed by atoms with Crippen molar-refractivity contribution in [3.63, 3.8) is 0 Å². The van der Waals surface area contributed by atoms with E-state index in [4.69, 9.17) is 10.5 Å². The first-order valence-corrected chi connectivity index (χ1v) is 13.4. The zero-order valence-electron chi connectivity index (χ0n) is 23.4. The van der Waals surface area contributed by atoms with Crippen LogP contribution in [0.1, 0.15) is 23.5 Å². The molecule has 10 nitrogen and oxygen atoms in total. The first-order chi connectivity index (χ1) is 19.9. The van der Waals surface area contributed by atoms with Crippen LogP contribution in [0.5, 0.6) is 5.88 Å². The van der Waals surface area contributed by atoms with Crippen LogP contribution in [0.2, 0.25) is 0 Å². The molecular weight excluding hydrogens is 516 g/mol.